The third kappa shape index (κ3) is 2.25. The number of rotatable bonds is 3. The second-order valence-corrected chi connectivity index (χ2v) is 3.43. The first-order valence-corrected chi connectivity index (χ1v) is 4.95. The fourth-order valence-electron chi connectivity index (χ4n) is 1.38. The maximum atomic E-state index is 11.8. The molecule has 0 saturated carbocycles. The highest BCUT2D eigenvalue weighted by molar-refractivity contribution is 5.95. The number of aromatic amines is 1. The summed E-state index contributed by atoms with van der Waals surface area (Å²) in [7, 11) is 0. The maximum absolute atomic E-state index is 11.8. The molecule has 2 N–H and O–H groups in total. The van der Waals surface area contributed by atoms with E-state index in [9.17, 15) is 4.79 Å². The Morgan fingerprint density at radius 3 is 3.12 bits per heavy atom. The third-order valence-corrected chi connectivity index (χ3v) is 2.26. The minimum atomic E-state index is -0.119. The van der Waals surface area contributed by atoms with Gasteiger partial charge < -0.3 is 5.32 Å². The van der Waals surface area contributed by atoms with Gasteiger partial charge in [-0.3, -0.25) is 14.9 Å². The Hall–Kier alpha value is -2.17. The van der Waals surface area contributed by atoms with E-state index in [1.165, 1.54) is 0 Å². The van der Waals surface area contributed by atoms with Crippen LogP contribution in [0.5, 0.6) is 0 Å². The summed E-state index contributed by atoms with van der Waals surface area (Å²) in [6.07, 6.45) is 5.09. The molecule has 0 saturated heterocycles. The highest BCUT2D eigenvalue weighted by Gasteiger charge is 2.08. The van der Waals surface area contributed by atoms with Gasteiger partial charge in [-0.25, -0.2) is 0 Å². The van der Waals surface area contributed by atoms with Crippen LogP contribution in [0.25, 0.3) is 0 Å². The van der Waals surface area contributed by atoms with E-state index >= 15 is 0 Å². The van der Waals surface area contributed by atoms with Gasteiger partial charge in [0.15, 0.2) is 0 Å². The number of nitrogens with one attached hydrogen (secondary N) is 2. The Labute approximate surface area is 92.9 Å². The number of H-pyrrole nitrogens is 1. The molecule has 0 aliphatic heterocycles. The van der Waals surface area contributed by atoms with Crippen LogP contribution in [-0.4, -0.2) is 21.1 Å². The molecule has 0 radical (unpaired) electrons. The molecule has 0 bridgehead atoms. The molecule has 0 aliphatic carbocycles. The van der Waals surface area contributed by atoms with E-state index in [2.05, 4.69) is 20.5 Å². The van der Waals surface area contributed by atoms with Crippen molar-refractivity contribution in [2.45, 2.75) is 13.5 Å². The van der Waals surface area contributed by atoms with Crippen molar-refractivity contribution in [3.63, 3.8) is 0 Å². The van der Waals surface area contributed by atoms with Crippen LogP contribution in [0.2, 0.25) is 0 Å². The van der Waals surface area contributed by atoms with Crippen molar-refractivity contribution in [1.29, 1.82) is 0 Å². The van der Waals surface area contributed by atoms with Gasteiger partial charge in [0.25, 0.3) is 5.91 Å². The second-order valence-electron chi connectivity index (χ2n) is 3.43. The molecule has 0 fully saturated rings. The number of nitrogens with zero attached hydrogens (tertiary/aromatic N) is 2. The zero-order valence-corrected chi connectivity index (χ0v) is 8.90. The average Bonchev–Trinajstić information content (AvgIpc) is 2.79. The number of carbonyl (C=O) groups excluding carboxylic acids is 1. The SMILES string of the molecule is Cc1ncccc1C(=O)NCc1cn[nH]c1. The molecule has 0 aliphatic rings. The molecule has 0 aromatic carbocycles. The average molecular weight is 216 g/mol. The van der Waals surface area contributed by atoms with Crippen molar-refractivity contribution in [3.8, 4) is 0 Å². The van der Waals surface area contributed by atoms with Crippen LogP contribution in [0.15, 0.2) is 30.7 Å². The number of hydrogen-bond donors (Lipinski definition) is 2. The number of carbonyl (C=O) groups is 1. The number of pyridine rings is 1. The molecule has 0 atom stereocenters. The van der Waals surface area contributed by atoms with Crippen LogP contribution >= 0.6 is 0 Å². The van der Waals surface area contributed by atoms with Gasteiger partial charge in [-0.2, -0.15) is 5.10 Å². The van der Waals surface area contributed by atoms with Gasteiger partial charge in [-0.15, -0.1) is 0 Å². The third-order valence-electron chi connectivity index (χ3n) is 2.26. The van der Waals surface area contributed by atoms with Crippen LogP contribution in [0, 0.1) is 6.92 Å². The summed E-state index contributed by atoms with van der Waals surface area (Å²) < 4.78 is 0. The van der Waals surface area contributed by atoms with E-state index in [1.807, 2.05) is 6.92 Å². The van der Waals surface area contributed by atoms with Gasteiger partial charge in [0.2, 0.25) is 0 Å². The molecule has 1 amide bonds. The van der Waals surface area contributed by atoms with Crippen molar-refractivity contribution in [2.75, 3.05) is 0 Å². The van der Waals surface area contributed by atoms with Crippen LogP contribution < -0.4 is 5.32 Å². The molecule has 0 spiro atoms. The molecule has 5 heteroatoms. The maximum Gasteiger partial charge on any atom is 0.253 e. The molecule has 16 heavy (non-hydrogen) atoms. The molecule has 2 heterocycles. The van der Waals surface area contributed by atoms with E-state index in [1.54, 1.807) is 30.7 Å². The Morgan fingerprint density at radius 1 is 1.56 bits per heavy atom. The number of hydrogen-bond acceptors (Lipinski definition) is 3. The summed E-state index contributed by atoms with van der Waals surface area (Å²) in [5, 5.41) is 9.30. The lowest BCUT2D eigenvalue weighted by atomic mass is 10.2. The summed E-state index contributed by atoms with van der Waals surface area (Å²) in [5.41, 5.74) is 2.27. The Kier molecular flexibility index (Phi) is 2.95. The summed E-state index contributed by atoms with van der Waals surface area (Å²) in [6, 6.07) is 3.51. The minimum Gasteiger partial charge on any atom is -0.348 e. The summed E-state index contributed by atoms with van der Waals surface area (Å²) >= 11 is 0. The smallest absolute Gasteiger partial charge is 0.253 e. The number of aryl methyl sites for hydroxylation is 1. The predicted molar refractivity (Wildman–Crippen MR) is 58.7 cm³/mol. The molecule has 2 aromatic rings. The molecular formula is C11H12N4O. The molecular weight excluding hydrogens is 204 g/mol. The molecule has 2 aromatic heterocycles. The molecule has 5 nitrogen and oxygen atoms in total. The second kappa shape index (κ2) is 4.57. The van der Waals surface area contributed by atoms with Crippen molar-refractivity contribution in [1.82, 2.24) is 20.5 Å². The van der Waals surface area contributed by atoms with Crippen molar-refractivity contribution in [3.05, 3.63) is 47.5 Å². The van der Waals surface area contributed by atoms with Gasteiger partial charge in [0, 0.05) is 30.2 Å². The summed E-state index contributed by atoms with van der Waals surface area (Å²) in [4.78, 5) is 15.8. The standard InChI is InChI=1S/C11H12N4O/c1-8-10(3-2-4-12-8)11(16)13-5-9-6-14-15-7-9/h2-4,6-7H,5H2,1H3,(H,13,16)(H,14,15). The minimum absolute atomic E-state index is 0.119. The fourth-order valence-corrected chi connectivity index (χ4v) is 1.38. The Bertz CT molecular complexity index is 478. The van der Waals surface area contributed by atoms with Gasteiger partial charge in [0.1, 0.15) is 0 Å². The monoisotopic (exact) mass is 216 g/mol. The normalized spacial score (nSPS) is 10.1. The molecule has 82 valence electrons. The lowest BCUT2D eigenvalue weighted by molar-refractivity contribution is 0.0950. The van der Waals surface area contributed by atoms with Gasteiger partial charge in [-0.05, 0) is 19.1 Å². The first kappa shape index (κ1) is 10.4. The van der Waals surface area contributed by atoms with Crippen LogP contribution in [0.4, 0.5) is 0 Å². The zero-order valence-electron chi connectivity index (χ0n) is 8.90. The van der Waals surface area contributed by atoms with E-state index < -0.39 is 0 Å². The van der Waals surface area contributed by atoms with Crippen LogP contribution in [0.3, 0.4) is 0 Å². The number of amides is 1. The Balaban J connectivity index is 2.01. The first-order chi connectivity index (χ1) is 7.77. The summed E-state index contributed by atoms with van der Waals surface area (Å²) in [6.45, 7) is 2.27. The van der Waals surface area contributed by atoms with Crippen LogP contribution in [-0.2, 0) is 6.54 Å². The van der Waals surface area contributed by atoms with Crippen molar-refractivity contribution < 1.29 is 4.79 Å². The van der Waals surface area contributed by atoms with Crippen molar-refractivity contribution >= 4 is 5.91 Å². The topological polar surface area (TPSA) is 70.7 Å². The van der Waals surface area contributed by atoms with Crippen LogP contribution in [0.1, 0.15) is 21.6 Å². The highest BCUT2D eigenvalue weighted by atomic mass is 16.1. The van der Waals surface area contributed by atoms with E-state index in [4.69, 9.17) is 0 Å². The molecule has 0 unspecified atom stereocenters. The quantitative estimate of drug-likeness (QED) is 0.805. The van der Waals surface area contributed by atoms with Gasteiger partial charge in [-0.1, -0.05) is 0 Å². The summed E-state index contributed by atoms with van der Waals surface area (Å²) in [5.74, 6) is -0.119. The zero-order chi connectivity index (χ0) is 11.4. The van der Waals surface area contributed by atoms with Gasteiger partial charge in [0.05, 0.1) is 11.8 Å². The van der Waals surface area contributed by atoms with E-state index in [-0.39, 0.29) is 5.91 Å². The Morgan fingerprint density at radius 2 is 2.44 bits per heavy atom. The lowest BCUT2D eigenvalue weighted by Gasteiger charge is -2.05. The molecule has 2 rings (SSSR count). The first-order valence-electron chi connectivity index (χ1n) is 4.95. The predicted octanol–water partition coefficient (Wildman–Crippen LogP) is 1.04. The van der Waals surface area contributed by atoms with Gasteiger partial charge >= 0.3 is 0 Å². The largest absolute Gasteiger partial charge is 0.348 e. The van der Waals surface area contributed by atoms with E-state index in [0.29, 0.717) is 12.1 Å². The fraction of sp³-hybridized carbons (Fsp3) is 0.182. The lowest BCUT2D eigenvalue weighted by Crippen LogP contribution is -2.23. The highest BCUT2D eigenvalue weighted by Crippen LogP contribution is 2.03. The number of aromatic nitrogens is 3. The van der Waals surface area contributed by atoms with Crippen molar-refractivity contribution in [2.24, 2.45) is 0 Å². The van der Waals surface area contributed by atoms with E-state index in [0.717, 1.165) is 11.3 Å².